The van der Waals surface area contributed by atoms with E-state index in [1.807, 2.05) is 4.90 Å². The van der Waals surface area contributed by atoms with Crippen LogP contribution in [0.4, 0.5) is 0 Å². The first-order valence-corrected chi connectivity index (χ1v) is 6.95. The van der Waals surface area contributed by atoms with Gasteiger partial charge in [-0.15, -0.1) is 0 Å². The van der Waals surface area contributed by atoms with Crippen molar-refractivity contribution in [2.75, 3.05) is 26.2 Å². The molecule has 0 bridgehead atoms. The van der Waals surface area contributed by atoms with Gasteiger partial charge in [0.1, 0.15) is 0 Å². The highest BCUT2D eigenvalue weighted by Gasteiger charge is 2.16. The van der Waals surface area contributed by atoms with Crippen LogP contribution in [0.15, 0.2) is 24.3 Å². The van der Waals surface area contributed by atoms with Crippen molar-refractivity contribution in [2.45, 2.75) is 26.4 Å². The number of benzene rings is 1. The summed E-state index contributed by atoms with van der Waals surface area (Å²) in [6, 6.07) is 8.48. The van der Waals surface area contributed by atoms with Crippen molar-refractivity contribution in [1.29, 1.82) is 0 Å². The third-order valence-corrected chi connectivity index (χ3v) is 3.70. The van der Waals surface area contributed by atoms with Crippen LogP contribution in [0.1, 0.15) is 24.5 Å². The van der Waals surface area contributed by atoms with Gasteiger partial charge in [0, 0.05) is 46.2 Å². The van der Waals surface area contributed by atoms with E-state index in [9.17, 15) is 4.79 Å². The Hall–Kier alpha value is -1.39. The zero-order chi connectivity index (χ0) is 13.7. The lowest BCUT2D eigenvalue weighted by Gasteiger charge is -2.21. The predicted molar refractivity (Wildman–Crippen MR) is 76.5 cm³/mol. The first-order chi connectivity index (χ1) is 9.19. The topological polar surface area (TPSA) is 49.6 Å². The molecule has 1 fully saturated rings. The van der Waals surface area contributed by atoms with Crippen LogP contribution in [0.5, 0.6) is 0 Å². The average Bonchev–Trinajstić information content (AvgIpc) is 2.65. The monoisotopic (exact) mass is 261 g/mol. The summed E-state index contributed by atoms with van der Waals surface area (Å²) < 4.78 is 0. The molecule has 104 valence electrons. The minimum atomic E-state index is 0.189. The first kappa shape index (κ1) is 14.0. The zero-order valence-electron chi connectivity index (χ0n) is 11.6. The summed E-state index contributed by atoms with van der Waals surface area (Å²) >= 11 is 0. The summed E-state index contributed by atoms with van der Waals surface area (Å²) in [5.41, 5.74) is 8.08. The summed E-state index contributed by atoms with van der Waals surface area (Å²) in [5.74, 6) is 0.189. The van der Waals surface area contributed by atoms with Gasteiger partial charge in [-0.1, -0.05) is 24.3 Å². The van der Waals surface area contributed by atoms with Crippen molar-refractivity contribution < 1.29 is 4.79 Å². The molecule has 0 aliphatic carbocycles. The van der Waals surface area contributed by atoms with Gasteiger partial charge in [0.05, 0.1) is 0 Å². The Kier molecular flexibility index (Phi) is 4.93. The number of carbonyl (C=O) groups excluding carboxylic acids is 1. The Morgan fingerprint density at radius 2 is 1.79 bits per heavy atom. The maximum atomic E-state index is 11.4. The van der Waals surface area contributed by atoms with Crippen LogP contribution in [0.25, 0.3) is 0 Å². The highest BCUT2D eigenvalue weighted by molar-refractivity contribution is 5.73. The second-order valence-electron chi connectivity index (χ2n) is 5.16. The van der Waals surface area contributed by atoms with E-state index in [0.717, 1.165) is 39.1 Å². The Balaban J connectivity index is 1.90. The second-order valence-corrected chi connectivity index (χ2v) is 5.16. The largest absolute Gasteiger partial charge is 0.342 e. The summed E-state index contributed by atoms with van der Waals surface area (Å²) in [7, 11) is 0. The molecule has 2 N–H and O–H groups in total. The fourth-order valence-electron chi connectivity index (χ4n) is 2.48. The summed E-state index contributed by atoms with van der Waals surface area (Å²) in [5, 5.41) is 0. The molecule has 1 aromatic carbocycles. The van der Waals surface area contributed by atoms with E-state index >= 15 is 0 Å². The SMILES string of the molecule is CC(=O)N1CCCN(Cc2ccc(CN)cc2)CC1. The van der Waals surface area contributed by atoms with Gasteiger partial charge in [-0.3, -0.25) is 9.69 Å². The Morgan fingerprint density at radius 1 is 1.11 bits per heavy atom. The molecule has 1 saturated heterocycles. The van der Waals surface area contributed by atoms with Crippen molar-refractivity contribution in [2.24, 2.45) is 5.73 Å². The van der Waals surface area contributed by atoms with Gasteiger partial charge < -0.3 is 10.6 Å². The Morgan fingerprint density at radius 3 is 2.42 bits per heavy atom. The molecule has 0 atom stereocenters. The molecule has 0 spiro atoms. The highest BCUT2D eigenvalue weighted by atomic mass is 16.2. The highest BCUT2D eigenvalue weighted by Crippen LogP contribution is 2.10. The van der Waals surface area contributed by atoms with Gasteiger partial charge >= 0.3 is 0 Å². The van der Waals surface area contributed by atoms with Crippen molar-refractivity contribution in [1.82, 2.24) is 9.80 Å². The number of hydrogen-bond donors (Lipinski definition) is 1. The van der Waals surface area contributed by atoms with E-state index < -0.39 is 0 Å². The fraction of sp³-hybridized carbons (Fsp3) is 0.533. The Labute approximate surface area is 115 Å². The lowest BCUT2D eigenvalue weighted by molar-refractivity contribution is -0.128. The first-order valence-electron chi connectivity index (χ1n) is 6.95. The molecule has 4 nitrogen and oxygen atoms in total. The molecule has 2 rings (SSSR count). The normalized spacial score (nSPS) is 17.3. The molecule has 0 aromatic heterocycles. The maximum Gasteiger partial charge on any atom is 0.219 e. The van der Waals surface area contributed by atoms with Gasteiger partial charge in [0.2, 0.25) is 5.91 Å². The van der Waals surface area contributed by atoms with Crippen LogP contribution in [0, 0.1) is 0 Å². The van der Waals surface area contributed by atoms with E-state index in [0.29, 0.717) is 6.54 Å². The molecular formula is C15H23N3O. The van der Waals surface area contributed by atoms with Crippen LogP contribution < -0.4 is 5.73 Å². The van der Waals surface area contributed by atoms with Crippen molar-refractivity contribution in [3.05, 3.63) is 35.4 Å². The molecule has 0 unspecified atom stereocenters. The molecule has 19 heavy (non-hydrogen) atoms. The van der Waals surface area contributed by atoms with Crippen molar-refractivity contribution in [3.8, 4) is 0 Å². The van der Waals surface area contributed by atoms with E-state index in [2.05, 4.69) is 29.2 Å². The van der Waals surface area contributed by atoms with E-state index in [1.54, 1.807) is 6.92 Å². The van der Waals surface area contributed by atoms with E-state index in [4.69, 9.17) is 5.73 Å². The minimum absolute atomic E-state index is 0.189. The van der Waals surface area contributed by atoms with Crippen LogP contribution in [-0.4, -0.2) is 41.9 Å². The van der Waals surface area contributed by atoms with Gasteiger partial charge in [-0.25, -0.2) is 0 Å². The molecule has 0 saturated carbocycles. The lowest BCUT2D eigenvalue weighted by Crippen LogP contribution is -2.33. The summed E-state index contributed by atoms with van der Waals surface area (Å²) in [4.78, 5) is 15.7. The van der Waals surface area contributed by atoms with E-state index in [-0.39, 0.29) is 5.91 Å². The lowest BCUT2D eigenvalue weighted by atomic mass is 10.1. The third-order valence-electron chi connectivity index (χ3n) is 3.70. The number of amides is 1. The maximum absolute atomic E-state index is 11.4. The fourth-order valence-corrected chi connectivity index (χ4v) is 2.48. The van der Waals surface area contributed by atoms with Crippen molar-refractivity contribution in [3.63, 3.8) is 0 Å². The van der Waals surface area contributed by atoms with E-state index in [1.165, 1.54) is 11.1 Å². The molecule has 1 aromatic rings. The summed E-state index contributed by atoms with van der Waals surface area (Å²) in [6.07, 6.45) is 1.06. The van der Waals surface area contributed by atoms with Crippen LogP contribution in [0.3, 0.4) is 0 Å². The smallest absolute Gasteiger partial charge is 0.219 e. The Bertz CT molecular complexity index is 416. The molecular weight excluding hydrogens is 238 g/mol. The number of nitrogens with two attached hydrogens (primary N) is 1. The number of nitrogens with zero attached hydrogens (tertiary/aromatic N) is 2. The molecule has 4 heteroatoms. The number of hydrogen-bond acceptors (Lipinski definition) is 3. The van der Waals surface area contributed by atoms with Gasteiger partial charge in [-0.05, 0) is 17.5 Å². The predicted octanol–water partition coefficient (Wildman–Crippen LogP) is 1.20. The van der Waals surface area contributed by atoms with Crippen LogP contribution >= 0.6 is 0 Å². The average molecular weight is 261 g/mol. The molecule has 1 amide bonds. The third kappa shape index (κ3) is 4.04. The number of rotatable bonds is 3. The minimum Gasteiger partial charge on any atom is -0.342 e. The van der Waals surface area contributed by atoms with Gasteiger partial charge in [-0.2, -0.15) is 0 Å². The molecule has 0 radical (unpaired) electrons. The quantitative estimate of drug-likeness (QED) is 0.889. The molecule has 1 aliphatic heterocycles. The number of carbonyl (C=O) groups is 1. The molecule has 1 heterocycles. The summed E-state index contributed by atoms with van der Waals surface area (Å²) in [6.45, 7) is 6.95. The second kappa shape index (κ2) is 6.68. The molecule has 1 aliphatic rings. The van der Waals surface area contributed by atoms with Crippen LogP contribution in [-0.2, 0) is 17.9 Å². The zero-order valence-corrected chi connectivity index (χ0v) is 11.6. The standard InChI is InChI=1S/C15H23N3O/c1-13(19)18-8-2-7-17(9-10-18)12-15-5-3-14(11-16)4-6-15/h3-6H,2,7-12,16H2,1H3. The van der Waals surface area contributed by atoms with Gasteiger partial charge in [0.25, 0.3) is 0 Å². The van der Waals surface area contributed by atoms with Crippen LogP contribution in [0.2, 0.25) is 0 Å². The van der Waals surface area contributed by atoms with Crippen molar-refractivity contribution >= 4 is 5.91 Å². The van der Waals surface area contributed by atoms with Gasteiger partial charge in [0.15, 0.2) is 0 Å².